The first-order chi connectivity index (χ1) is 15.5. The van der Waals surface area contributed by atoms with Crippen LogP contribution in [0.25, 0.3) is 0 Å². The Hall–Kier alpha value is -3.71. The van der Waals surface area contributed by atoms with Gasteiger partial charge in [0.25, 0.3) is 0 Å². The van der Waals surface area contributed by atoms with Crippen LogP contribution in [0.15, 0.2) is 99.9 Å². The predicted octanol–water partition coefficient (Wildman–Crippen LogP) is 4.84. The van der Waals surface area contributed by atoms with Crippen LogP contribution in [0.5, 0.6) is 0 Å². The van der Waals surface area contributed by atoms with Gasteiger partial charge in [-0.05, 0) is 42.0 Å². The van der Waals surface area contributed by atoms with E-state index in [1.54, 1.807) is 42.1 Å². The number of imide groups is 1. The van der Waals surface area contributed by atoms with Crippen molar-refractivity contribution in [3.63, 3.8) is 0 Å². The molecule has 0 saturated heterocycles. The molecule has 0 heterocycles. The molecule has 6 nitrogen and oxygen atoms in total. The largest absolute Gasteiger partial charge is 0.365 e. The number of oxime groups is 1. The van der Waals surface area contributed by atoms with Crippen molar-refractivity contribution < 1.29 is 19.2 Å². The Balaban J connectivity index is 1.75. The topological polar surface area (TPSA) is 84.8 Å². The van der Waals surface area contributed by atoms with Crippen LogP contribution >= 0.6 is 11.8 Å². The van der Waals surface area contributed by atoms with Crippen molar-refractivity contribution in [2.45, 2.75) is 29.6 Å². The number of carbonyl (C=O) groups is 3. The molecule has 0 atom stereocenters. The van der Waals surface area contributed by atoms with Crippen molar-refractivity contribution in [3.8, 4) is 0 Å². The average Bonchev–Trinajstić information content (AvgIpc) is 2.80. The van der Waals surface area contributed by atoms with E-state index in [4.69, 9.17) is 4.84 Å². The minimum atomic E-state index is -0.590. The van der Waals surface area contributed by atoms with E-state index in [9.17, 15) is 14.4 Å². The first kappa shape index (κ1) is 23.0. The zero-order valence-corrected chi connectivity index (χ0v) is 18.3. The lowest BCUT2D eigenvalue weighted by Crippen LogP contribution is -2.28. The lowest BCUT2D eigenvalue weighted by Gasteiger charge is -2.08. The third kappa shape index (κ3) is 7.21. The highest BCUT2D eigenvalue weighted by molar-refractivity contribution is 7.99. The van der Waals surface area contributed by atoms with E-state index in [-0.39, 0.29) is 12.8 Å². The Morgan fingerprint density at radius 1 is 0.781 bits per heavy atom. The predicted molar refractivity (Wildman–Crippen MR) is 123 cm³/mol. The lowest BCUT2D eigenvalue weighted by atomic mass is 10.1. The van der Waals surface area contributed by atoms with E-state index >= 15 is 0 Å². The molecule has 3 rings (SSSR count). The molecule has 0 saturated carbocycles. The number of nitrogens with one attached hydrogen (secondary N) is 1. The molecule has 3 aromatic carbocycles. The maximum absolute atomic E-state index is 12.3. The smallest absolute Gasteiger partial charge is 0.313 e. The maximum Gasteiger partial charge on any atom is 0.365 e. The van der Waals surface area contributed by atoms with E-state index in [2.05, 4.69) is 10.5 Å². The summed E-state index contributed by atoms with van der Waals surface area (Å²) in [4.78, 5) is 42.6. The fourth-order valence-corrected chi connectivity index (χ4v) is 3.63. The van der Waals surface area contributed by atoms with Crippen molar-refractivity contribution in [1.29, 1.82) is 0 Å². The molecular weight excluding hydrogens is 424 g/mol. The summed E-state index contributed by atoms with van der Waals surface area (Å²) in [7, 11) is 0. The zero-order chi connectivity index (χ0) is 22.8. The number of hydrogen-bond acceptors (Lipinski definition) is 6. The van der Waals surface area contributed by atoms with Gasteiger partial charge in [0.05, 0.1) is 11.3 Å². The Kier molecular flexibility index (Phi) is 8.34. The molecular formula is C25H22N2O4S. The fraction of sp³-hybridized carbons (Fsp3) is 0.120. The Labute approximate surface area is 190 Å². The summed E-state index contributed by atoms with van der Waals surface area (Å²) in [6, 6.07) is 26.1. The van der Waals surface area contributed by atoms with Crippen LogP contribution in [-0.2, 0) is 14.4 Å². The van der Waals surface area contributed by atoms with Gasteiger partial charge in [-0.2, -0.15) is 0 Å². The van der Waals surface area contributed by atoms with Crippen molar-refractivity contribution in [2.24, 2.45) is 5.16 Å². The van der Waals surface area contributed by atoms with Crippen molar-refractivity contribution in [3.05, 3.63) is 96.1 Å². The molecule has 0 spiro atoms. The van der Waals surface area contributed by atoms with Crippen LogP contribution in [0.4, 0.5) is 0 Å². The molecule has 2 amide bonds. The fourth-order valence-electron chi connectivity index (χ4n) is 2.80. The van der Waals surface area contributed by atoms with Gasteiger partial charge >= 0.3 is 5.97 Å². The summed E-state index contributed by atoms with van der Waals surface area (Å²) < 4.78 is 0. The second-order valence-electron chi connectivity index (χ2n) is 6.83. The summed E-state index contributed by atoms with van der Waals surface area (Å²) in [6.07, 6.45) is 0.230. The number of carbonyl (C=O) groups excluding carboxylic acids is 3. The van der Waals surface area contributed by atoms with Gasteiger partial charge in [-0.15, -0.1) is 0 Å². The summed E-state index contributed by atoms with van der Waals surface area (Å²) in [5.41, 5.74) is 1.53. The SMILES string of the molecule is CC(=O)NC(=O)CC/C(=N\OC(=O)c1ccccc1)c1ccc(Sc2ccccc2)cc1. The van der Waals surface area contributed by atoms with Crippen molar-refractivity contribution >= 4 is 35.3 Å². The van der Waals surface area contributed by atoms with Gasteiger partial charge in [0, 0.05) is 29.6 Å². The van der Waals surface area contributed by atoms with Crippen LogP contribution < -0.4 is 5.32 Å². The zero-order valence-electron chi connectivity index (χ0n) is 17.5. The lowest BCUT2D eigenvalue weighted by molar-refractivity contribution is -0.129. The first-order valence-electron chi connectivity index (χ1n) is 9.98. The second-order valence-corrected chi connectivity index (χ2v) is 7.97. The van der Waals surface area contributed by atoms with Gasteiger partial charge in [-0.1, -0.05) is 65.4 Å². The van der Waals surface area contributed by atoms with Crippen molar-refractivity contribution in [2.75, 3.05) is 0 Å². The Morgan fingerprint density at radius 3 is 2.00 bits per heavy atom. The quantitative estimate of drug-likeness (QED) is 0.304. The maximum atomic E-state index is 12.3. The summed E-state index contributed by atoms with van der Waals surface area (Å²) in [6.45, 7) is 1.28. The minimum absolute atomic E-state index is 0.0296. The molecule has 0 unspecified atom stereocenters. The van der Waals surface area contributed by atoms with Crippen LogP contribution in [-0.4, -0.2) is 23.5 Å². The highest BCUT2D eigenvalue weighted by Gasteiger charge is 2.12. The van der Waals surface area contributed by atoms with Gasteiger partial charge < -0.3 is 4.84 Å². The van der Waals surface area contributed by atoms with E-state index in [0.29, 0.717) is 11.3 Å². The number of nitrogens with zero attached hydrogens (tertiary/aromatic N) is 1. The molecule has 162 valence electrons. The van der Waals surface area contributed by atoms with Crippen LogP contribution in [0.3, 0.4) is 0 Å². The Bertz CT molecular complexity index is 1100. The van der Waals surface area contributed by atoms with Gasteiger partial charge in [0.2, 0.25) is 11.8 Å². The van der Waals surface area contributed by atoms with Crippen molar-refractivity contribution in [1.82, 2.24) is 5.32 Å². The number of hydrogen-bond donors (Lipinski definition) is 1. The molecule has 0 aliphatic rings. The van der Waals surface area contributed by atoms with E-state index in [0.717, 1.165) is 15.4 Å². The molecule has 0 fully saturated rings. The third-order valence-electron chi connectivity index (χ3n) is 4.32. The molecule has 0 bridgehead atoms. The highest BCUT2D eigenvalue weighted by atomic mass is 32.2. The molecule has 3 aromatic rings. The molecule has 0 radical (unpaired) electrons. The van der Waals surface area contributed by atoms with Crippen LogP contribution in [0.2, 0.25) is 0 Å². The second kappa shape index (κ2) is 11.6. The van der Waals surface area contributed by atoms with Crippen LogP contribution in [0.1, 0.15) is 35.7 Å². The van der Waals surface area contributed by atoms with Crippen LogP contribution in [0, 0.1) is 0 Å². The molecule has 0 aliphatic heterocycles. The summed E-state index contributed by atoms with van der Waals surface area (Å²) in [5, 5.41) is 6.26. The number of benzene rings is 3. The summed E-state index contributed by atoms with van der Waals surface area (Å²) in [5.74, 6) is -1.44. The first-order valence-corrected chi connectivity index (χ1v) is 10.8. The van der Waals surface area contributed by atoms with Gasteiger partial charge in [0.1, 0.15) is 0 Å². The van der Waals surface area contributed by atoms with E-state index < -0.39 is 17.8 Å². The molecule has 0 aromatic heterocycles. The normalized spacial score (nSPS) is 11.0. The third-order valence-corrected chi connectivity index (χ3v) is 5.33. The highest BCUT2D eigenvalue weighted by Crippen LogP contribution is 2.27. The Morgan fingerprint density at radius 2 is 1.38 bits per heavy atom. The van der Waals surface area contributed by atoms with Gasteiger partial charge in [0.15, 0.2) is 0 Å². The molecule has 0 aliphatic carbocycles. The standard InChI is InChI=1S/C25H22N2O4S/c1-18(28)26-24(29)17-16-23(27-31-25(30)20-8-4-2-5-9-20)19-12-14-22(15-13-19)32-21-10-6-3-7-11-21/h2-15H,16-17H2,1H3,(H,26,28,29)/b27-23+. The van der Waals surface area contributed by atoms with E-state index in [1.807, 2.05) is 54.6 Å². The van der Waals surface area contributed by atoms with Gasteiger partial charge in [-0.3, -0.25) is 14.9 Å². The summed E-state index contributed by atoms with van der Waals surface area (Å²) >= 11 is 1.62. The minimum Gasteiger partial charge on any atom is -0.313 e. The van der Waals surface area contributed by atoms with Gasteiger partial charge in [-0.25, -0.2) is 4.79 Å². The number of rotatable bonds is 8. The van der Waals surface area contributed by atoms with E-state index in [1.165, 1.54) is 6.92 Å². The molecule has 1 N–H and O–H groups in total. The molecule has 7 heteroatoms. The molecule has 32 heavy (non-hydrogen) atoms. The number of amides is 2. The average molecular weight is 447 g/mol. The monoisotopic (exact) mass is 446 g/mol.